The molecule has 0 amide bonds. The monoisotopic (exact) mass is 243 g/mol. The summed E-state index contributed by atoms with van der Waals surface area (Å²) in [7, 11) is -1.41. The van der Waals surface area contributed by atoms with E-state index in [1.165, 1.54) is 0 Å². The first-order valence-corrected chi connectivity index (χ1v) is 4.46. The first-order chi connectivity index (χ1) is 4.95. The van der Waals surface area contributed by atoms with Crippen molar-refractivity contribution in [2.45, 2.75) is 26.2 Å². The number of rotatable bonds is 4. The lowest BCUT2D eigenvalue weighted by Gasteiger charge is -2.20. The van der Waals surface area contributed by atoms with E-state index in [9.17, 15) is 0 Å². The Morgan fingerprint density at radius 1 is 1.55 bits per heavy atom. The molecule has 11 heavy (non-hydrogen) atoms. The molecule has 0 unspecified atom stereocenters. The highest BCUT2D eigenvalue weighted by molar-refractivity contribution is 9.08. The highest BCUT2D eigenvalue weighted by Crippen LogP contribution is 2.17. The van der Waals surface area contributed by atoms with Gasteiger partial charge in [-0.25, -0.2) is 0 Å². The second-order valence-electron chi connectivity index (χ2n) is 2.87. The fraction of sp³-hybridized carbons (Fsp3) is 1.00. The topological polar surface area (TPSA) is 43.7 Å². The molecule has 0 saturated carbocycles. The average molecular weight is 244 g/mol. The Balaban J connectivity index is 3.90. The van der Waals surface area contributed by atoms with E-state index in [4.69, 9.17) is 21.8 Å². The third-order valence-electron chi connectivity index (χ3n) is 1.31. The molecule has 0 heterocycles. The zero-order chi connectivity index (χ0) is 9.02. The Hall–Kier alpha value is 0.715. The molecule has 0 aliphatic rings. The van der Waals surface area contributed by atoms with Crippen molar-refractivity contribution in [3.63, 3.8) is 0 Å². The van der Waals surface area contributed by atoms with Gasteiger partial charge >= 0.3 is 7.12 Å². The molecular formula is C5H12BBrClNO2. The summed E-state index contributed by atoms with van der Waals surface area (Å²) >= 11 is 8.46. The lowest BCUT2D eigenvalue weighted by Crippen LogP contribution is -2.38. The summed E-state index contributed by atoms with van der Waals surface area (Å²) in [5.41, 5.74) is 0. The zero-order valence-corrected chi connectivity index (χ0v) is 8.88. The van der Waals surface area contributed by atoms with Gasteiger partial charge in [0.05, 0.1) is 5.94 Å². The van der Waals surface area contributed by atoms with Gasteiger partial charge in [-0.05, 0) is 24.1 Å². The number of halogens is 2. The standard InChI is InChI=1S/C5H12BBrClNO2/c1-4(2)3-5(6(10)11)9(7)8/h4-5,10-11H,3H2,1-2H3/t5-/m0/s1. The van der Waals surface area contributed by atoms with E-state index in [0.29, 0.717) is 12.3 Å². The van der Waals surface area contributed by atoms with Crippen molar-refractivity contribution in [3.05, 3.63) is 0 Å². The van der Waals surface area contributed by atoms with Crippen molar-refractivity contribution in [2.24, 2.45) is 5.92 Å². The molecule has 2 N–H and O–H groups in total. The van der Waals surface area contributed by atoms with Crippen LogP contribution in [0.2, 0.25) is 0 Å². The maximum absolute atomic E-state index is 8.83. The van der Waals surface area contributed by atoms with Crippen LogP contribution in [0.5, 0.6) is 0 Å². The van der Waals surface area contributed by atoms with Crippen LogP contribution >= 0.6 is 27.9 Å². The fourth-order valence-electron chi connectivity index (χ4n) is 0.785. The van der Waals surface area contributed by atoms with Gasteiger partial charge in [-0.3, -0.25) is 0 Å². The van der Waals surface area contributed by atoms with Gasteiger partial charge in [0.2, 0.25) is 0 Å². The van der Waals surface area contributed by atoms with Crippen molar-refractivity contribution < 1.29 is 10.0 Å². The summed E-state index contributed by atoms with van der Waals surface area (Å²) in [6, 6.07) is 0. The molecule has 6 heteroatoms. The molecule has 0 spiro atoms. The van der Waals surface area contributed by atoms with Gasteiger partial charge in [0.25, 0.3) is 0 Å². The van der Waals surface area contributed by atoms with Crippen LogP contribution in [-0.2, 0) is 0 Å². The molecule has 0 aliphatic heterocycles. The normalized spacial score (nSPS) is 14.2. The first kappa shape index (κ1) is 11.7. The Labute approximate surface area is 80.9 Å². The number of hydrogen-bond acceptors (Lipinski definition) is 3. The van der Waals surface area contributed by atoms with E-state index in [1.807, 2.05) is 13.8 Å². The summed E-state index contributed by atoms with van der Waals surface area (Å²) in [6.45, 7) is 3.98. The lowest BCUT2D eigenvalue weighted by atomic mass is 9.76. The van der Waals surface area contributed by atoms with Crippen molar-refractivity contribution in [1.29, 1.82) is 0 Å². The lowest BCUT2D eigenvalue weighted by molar-refractivity contribution is 0.342. The summed E-state index contributed by atoms with van der Waals surface area (Å²) in [4.78, 5) is 0. The van der Waals surface area contributed by atoms with E-state index in [-0.39, 0.29) is 0 Å². The quantitative estimate of drug-likeness (QED) is 0.576. The van der Waals surface area contributed by atoms with Gasteiger partial charge in [-0.15, -0.1) is 0 Å². The fourth-order valence-corrected chi connectivity index (χ4v) is 1.34. The van der Waals surface area contributed by atoms with Gasteiger partial charge in [-0.2, -0.15) is 3.45 Å². The predicted molar refractivity (Wildman–Crippen MR) is 50.1 cm³/mol. The predicted octanol–water partition coefficient (Wildman–Crippen LogP) is 1.18. The molecule has 0 aromatic carbocycles. The molecule has 66 valence electrons. The third-order valence-corrected chi connectivity index (χ3v) is 2.08. The van der Waals surface area contributed by atoms with Crippen molar-refractivity contribution >= 4 is 35.0 Å². The molecule has 0 saturated heterocycles. The van der Waals surface area contributed by atoms with Gasteiger partial charge in [0.1, 0.15) is 0 Å². The van der Waals surface area contributed by atoms with Crippen molar-refractivity contribution in [3.8, 4) is 0 Å². The highest BCUT2D eigenvalue weighted by atomic mass is 79.9. The van der Waals surface area contributed by atoms with E-state index >= 15 is 0 Å². The minimum absolute atomic E-state index is 0.376. The van der Waals surface area contributed by atoms with Crippen LogP contribution in [0, 0.1) is 5.92 Å². The van der Waals surface area contributed by atoms with E-state index in [1.54, 1.807) is 0 Å². The summed E-state index contributed by atoms with van der Waals surface area (Å²) in [5, 5.41) is 17.7. The Morgan fingerprint density at radius 3 is 2.09 bits per heavy atom. The average Bonchev–Trinajstić information content (AvgIpc) is 1.81. The first-order valence-electron chi connectivity index (χ1n) is 3.42. The van der Waals surface area contributed by atoms with Crippen LogP contribution in [0.15, 0.2) is 0 Å². The summed E-state index contributed by atoms with van der Waals surface area (Å²) < 4.78 is 1.12. The zero-order valence-electron chi connectivity index (χ0n) is 6.54. The molecule has 3 nitrogen and oxygen atoms in total. The molecule has 1 atom stereocenters. The molecule has 0 fully saturated rings. The molecule has 0 aromatic rings. The molecule has 0 radical (unpaired) electrons. The maximum atomic E-state index is 8.83. The van der Waals surface area contributed by atoms with Crippen LogP contribution in [0.1, 0.15) is 20.3 Å². The van der Waals surface area contributed by atoms with Crippen molar-refractivity contribution in [2.75, 3.05) is 0 Å². The van der Waals surface area contributed by atoms with E-state index in [0.717, 1.165) is 3.45 Å². The Kier molecular flexibility index (Phi) is 5.73. The molecule has 0 aliphatic carbocycles. The SMILES string of the molecule is CC(C)C[C@@H](B(O)O)N(Cl)Br. The molecule has 0 bridgehead atoms. The molecular weight excluding hydrogens is 232 g/mol. The maximum Gasteiger partial charge on any atom is 0.472 e. The van der Waals surface area contributed by atoms with Gasteiger partial charge in [0, 0.05) is 16.1 Å². The Morgan fingerprint density at radius 2 is 2.00 bits per heavy atom. The van der Waals surface area contributed by atoms with Crippen LogP contribution in [0.25, 0.3) is 0 Å². The molecule has 0 aromatic heterocycles. The third kappa shape index (κ3) is 5.03. The smallest absolute Gasteiger partial charge is 0.426 e. The van der Waals surface area contributed by atoms with Gasteiger partial charge < -0.3 is 10.0 Å². The van der Waals surface area contributed by atoms with E-state index in [2.05, 4.69) is 16.1 Å². The van der Waals surface area contributed by atoms with Gasteiger partial charge in [-0.1, -0.05) is 13.8 Å². The second-order valence-corrected chi connectivity index (χ2v) is 4.41. The molecule has 0 rings (SSSR count). The second kappa shape index (κ2) is 5.38. The summed E-state index contributed by atoms with van der Waals surface area (Å²) in [5.74, 6) is -0.0859. The highest BCUT2D eigenvalue weighted by Gasteiger charge is 2.28. The number of nitrogens with zero attached hydrogens (tertiary/aromatic N) is 1. The Bertz CT molecular complexity index is 107. The van der Waals surface area contributed by atoms with Crippen LogP contribution in [0.4, 0.5) is 0 Å². The summed E-state index contributed by atoms with van der Waals surface area (Å²) in [6.07, 6.45) is 0.631. The van der Waals surface area contributed by atoms with Crippen LogP contribution < -0.4 is 0 Å². The van der Waals surface area contributed by atoms with E-state index < -0.39 is 13.1 Å². The largest absolute Gasteiger partial charge is 0.472 e. The number of hydrogen-bond donors (Lipinski definition) is 2. The van der Waals surface area contributed by atoms with Crippen LogP contribution in [-0.4, -0.2) is 26.6 Å². The van der Waals surface area contributed by atoms with Crippen LogP contribution in [0.3, 0.4) is 0 Å². The van der Waals surface area contributed by atoms with Gasteiger partial charge in [0.15, 0.2) is 0 Å². The minimum atomic E-state index is -1.41. The van der Waals surface area contributed by atoms with Crippen molar-refractivity contribution in [1.82, 2.24) is 3.45 Å². The minimum Gasteiger partial charge on any atom is -0.426 e.